The number of anilines is 2. The predicted octanol–water partition coefficient (Wildman–Crippen LogP) is 3.16. The number of hydrogen-bond acceptors (Lipinski definition) is 6. The number of hydrogen-bond donors (Lipinski definition) is 3. The van der Waals surface area contributed by atoms with E-state index in [4.69, 9.17) is 22.4 Å². The first kappa shape index (κ1) is 22.5. The van der Waals surface area contributed by atoms with Gasteiger partial charge in [-0.2, -0.15) is 18.3 Å². The number of nitrogens with two attached hydrogens (primary N) is 1. The molecule has 3 aromatic heterocycles. The number of alkyl halides is 3. The Bertz CT molecular complexity index is 1090. The number of aryl methyl sites for hydroxylation is 1. The van der Waals surface area contributed by atoms with E-state index in [9.17, 15) is 18.0 Å². The van der Waals surface area contributed by atoms with Crippen LogP contribution in [0.4, 0.5) is 24.5 Å². The molecule has 1 amide bonds. The van der Waals surface area contributed by atoms with Gasteiger partial charge in [-0.25, -0.2) is 9.97 Å². The topological polar surface area (TPSA) is 119 Å². The number of rotatable bonds is 8. The lowest BCUT2D eigenvalue weighted by Crippen LogP contribution is -2.17. The molecule has 164 valence electrons. The Kier molecular flexibility index (Phi) is 6.76. The van der Waals surface area contributed by atoms with E-state index in [0.29, 0.717) is 31.3 Å². The van der Waals surface area contributed by atoms with Gasteiger partial charge in [0, 0.05) is 37.7 Å². The number of halogens is 4. The van der Waals surface area contributed by atoms with Crippen LogP contribution in [-0.2, 0) is 19.1 Å². The maximum atomic E-state index is 13.3. The van der Waals surface area contributed by atoms with Crippen molar-refractivity contribution in [3.8, 4) is 0 Å². The van der Waals surface area contributed by atoms with E-state index >= 15 is 0 Å². The zero-order chi connectivity index (χ0) is 22.6. The van der Waals surface area contributed by atoms with Crippen LogP contribution in [0.5, 0.6) is 0 Å². The van der Waals surface area contributed by atoms with Crippen LogP contribution in [0.15, 0.2) is 36.8 Å². The van der Waals surface area contributed by atoms with Crippen molar-refractivity contribution < 1.29 is 23.1 Å². The minimum absolute atomic E-state index is 0.00246. The molecule has 8 nitrogen and oxygen atoms in total. The van der Waals surface area contributed by atoms with Gasteiger partial charge in [-0.3, -0.25) is 9.48 Å². The van der Waals surface area contributed by atoms with Gasteiger partial charge in [0.2, 0.25) is 0 Å². The number of carbonyl (C=O) groups is 1. The summed E-state index contributed by atoms with van der Waals surface area (Å²) in [6, 6.07) is 3.99. The number of nitrogens with zero attached hydrogens (tertiary/aromatic N) is 4. The lowest BCUT2D eigenvalue weighted by Gasteiger charge is -2.16. The van der Waals surface area contributed by atoms with Crippen molar-refractivity contribution in [1.82, 2.24) is 19.7 Å². The van der Waals surface area contributed by atoms with Gasteiger partial charge in [-0.05, 0) is 30.2 Å². The fourth-order valence-corrected chi connectivity index (χ4v) is 3.01. The molecule has 0 aliphatic rings. The molecule has 3 heterocycles. The Hall–Kier alpha value is -3.18. The monoisotopic (exact) mass is 454 g/mol. The third-order valence-electron chi connectivity index (χ3n) is 4.25. The van der Waals surface area contributed by atoms with Gasteiger partial charge < -0.3 is 16.2 Å². The minimum Gasteiger partial charge on any atom is -0.396 e. The molecule has 0 saturated carbocycles. The molecular formula is C19H18ClF3N6O2. The number of aromatic nitrogens is 4. The van der Waals surface area contributed by atoms with Crippen LogP contribution < -0.4 is 11.1 Å². The first-order valence-corrected chi connectivity index (χ1v) is 9.47. The Labute approximate surface area is 179 Å². The van der Waals surface area contributed by atoms with Crippen molar-refractivity contribution >= 4 is 28.9 Å². The number of primary amides is 1. The van der Waals surface area contributed by atoms with Crippen LogP contribution in [0.1, 0.15) is 33.7 Å². The highest BCUT2D eigenvalue weighted by Crippen LogP contribution is 2.37. The molecule has 0 saturated heterocycles. The molecule has 3 aromatic rings. The molecule has 4 N–H and O–H groups in total. The standard InChI is InChI=1S/C19H18ClF3N6O2/c20-16-7-15(13(9-25-16)19(21,22)23)28-14-3-2-12(27-17(14)18(24)31)6-11-8-26-29(10-11)4-1-5-30/h2-3,7-10,30H,1,4-6H2,(H2,24,31)(H,25,28). The largest absolute Gasteiger partial charge is 0.419 e. The number of carbonyl (C=O) groups excluding carboxylic acids is 1. The zero-order valence-corrected chi connectivity index (χ0v) is 16.8. The second-order valence-corrected chi connectivity index (χ2v) is 6.99. The normalized spacial score (nSPS) is 11.5. The molecule has 0 spiro atoms. The summed E-state index contributed by atoms with van der Waals surface area (Å²) in [5.41, 5.74) is 5.04. The van der Waals surface area contributed by atoms with Crippen molar-refractivity contribution in [2.75, 3.05) is 11.9 Å². The summed E-state index contributed by atoms with van der Waals surface area (Å²) in [6.07, 6.45) is 0.214. The summed E-state index contributed by atoms with van der Waals surface area (Å²) in [7, 11) is 0. The third-order valence-corrected chi connectivity index (χ3v) is 4.46. The van der Waals surface area contributed by atoms with Gasteiger partial charge in [0.25, 0.3) is 5.91 Å². The number of aliphatic hydroxyl groups is 1. The molecule has 0 radical (unpaired) electrons. The van der Waals surface area contributed by atoms with Gasteiger partial charge in [-0.15, -0.1) is 0 Å². The summed E-state index contributed by atoms with van der Waals surface area (Å²) >= 11 is 5.74. The van der Waals surface area contributed by atoms with Crippen LogP contribution in [0.3, 0.4) is 0 Å². The van der Waals surface area contributed by atoms with E-state index in [1.165, 1.54) is 6.07 Å². The first-order chi connectivity index (χ1) is 14.7. The Morgan fingerprint density at radius 3 is 2.71 bits per heavy atom. The van der Waals surface area contributed by atoms with E-state index in [1.807, 2.05) is 0 Å². The van der Waals surface area contributed by atoms with Gasteiger partial charge in [0.1, 0.15) is 5.15 Å². The number of amides is 1. The highest BCUT2D eigenvalue weighted by Gasteiger charge is 2.34. The maximum Gasteiger partial charge on any atom is 0.419 e. The molecule has 0 atom stereocenters. The molecule has 0 fully saturated rings. The first-order valence-electron chi connectivity index (χ1n) is 9.09. The smallest absolute Gasteiger partial charge is 0.396 e. The van der Waals surface area contributed by atoms with E-state index in [0.717, 1.165) is 11.6 Å². The average molecular weight is 455 g/mol. The van der Waals surface area contributed by atoms with Crippen molar-refractivity contribution in [3.05, 3.63) is 64.5 Å². The average Bonchev–Trinajstić information content (AvgIpc) is 3.13. The summed E-state index contributed by atoms with van der Waals surface area (Å²) in [4.78, 5) is 19.6. The van der Waals surface area contributed by atoms with Crippen molar-refractivity contribution in [3.63, 3.8) is 0 Å². The third kappa shape index (κ3) is 5.70. The van der Waals surface area contributed by atoms with Gasteiger partial charge in [0.05, 0.1) is 23.1 Å². The Morgan fingerprint density at radius 2 is 2.03 bits per heavy atom. The van der Waals surface area contributed by atoms with Crippen molar-refractivity contribution in [2.24, 2.45) is 5.73 Å². The maximum absolute atomic E-state index is 13.3. The van der Waals surface area contributed by atoms with Crippen LogP contribution in [0.25, 0.3) is 0 Å². The van der Waals surface area contributed by atoms with Crippen molar-refractivity contribution in [1.29, 1.82) is 0 Å². The molecule has 0 aliphatic heterocycles. The molecular weight excluding hydrogens is 437 g/mol. The van der Waals surface area contributed by atoms with Gasteiger partial charge in [-0.1, -0.05) is 11.6 Å². The molecule has 0 aromatic carbocycles. The van der Waals surface area contributed by atoms with Crippen LogP contribution >= 0.6 is 11.6 Å². The van der Waals surface area contributed by atoms with Gasteiger partial charge in [0.15, 0.2) is 5.69 Å². The second-order valence-electron chi connectivity index (χ2n) is 6.60. The molecule has 3 rings (SSSR count). The van der Waals surface area contributed by atoms with E-state index < -0.39 is 17.6 Å². The van der Waals surface area contributed by atoms with Gasteiger partial charge >= 0.3 is 6.18 Å². The molecule has 0 bridgehead atoms. The minimum atomic E-state index is -4.68. The molecule has 0 aliphatic carbocycles. The van der Waals surface area contributed by atoms with Crippen LogP contribution in [0.2, 0.25) is 5.15 Å². The lowest BCUT2D eigenvalue weighted by atomic mass is 10.1. The summed E-state index contributed by atoms with van der Waals surface area (Å²) in [5, 5.41) is 15.4. The lowest BCUT2D eigenvalue weighted by molar-refractivity contribution is -0.137. The predicted molar refractivity (Wildman–Crippen MR) is 107 cm³/mol. The second kappa shape index (κ2) is 9.31. The fraction of sp³-hybridized carbons (Fsp3) is 0.263. The number of pyridine rings is 2. The quantitative estimate of drug-likeness (QED) is 0.450. The van der Waals surface area contributed by atoms with Crippen LogP contribution in [-0.4, -0.2) is 37.4 Å². The van der Waals surface area contributed by atoms with E-state index in [-0.39, 0.29) is 28.8 Å². The number of aliphatic hydroxyl groups excluding tert-OH is 1. The molecule has 0 unspecified atom stereocenters. The molecule has 12 heteroatoms. The Morgan fingerprint density at radius 1 is 1.26 bits per heavy atom. The summed E-state index contributed by atoms with van der Waals surface area (Å²) in [6.45, 7) is 0.598. The molecule has 31 heavy (non-hydrogen) atoms. The zero-order valence-electron chi connectivity index (χ0n) is 16.0. The van der Waals surface area contributed by atoms with Crippen LogP contribution in [0, 0.1) is 0 Å². The summed E-state index contributed by atoms with van der Waals surface area (Å²) < 4.78 is 41.5. The number of nitrogens with one attached hydrogen (secondary N) is 1. The highest BCUT2D eigenvalue weighted by atomic mass is 35.5. The highest BCUT2D eigenvalue weighted by molar-refractivity contribution is 6.29. The Balaban J connectivity index is 1.88. The van der Waals surface area contributed by atoms with E-state index in [1.54, 1.807) is 23.1 Å². The summed E-state index contributed by atoms with van der Waals surface area (Å²) in [5.74, 6) is -0.906. The van der Waals surface area contributed by atoms with Crippen molar-refractivity contribution in [2.45, 2.75) is 25.6 Å². The van der Waals surface area contributed by atoms with E-state index in [2.05, 4.69) is 20.4 Å². The SMILES string of the molecule is NC(=O)c1nc(Cc2cnn(CCCO)c2)ccc1Nc1cc(Cl)ncc1C(F)(F)F. The fourth-order valence-electron chi connectivity index (χ4n) is 2.85.